The van der Waals surface area contributed by atoms with Crippen LogP contribution in [0.5, 0.6) is 0 Å². The smallest absolute Gasteiger partial charge is 0.0700 e. The van der Waals surface area contributed by atoms with Crippen molar-refractivity contribution in [3.8, 4) is 0 Å². The highest BCUT2D eigenvalue weighted by Gasteiger charge is 2.20. The van der Waals surface area contributed by atoms with Gasteiger partial charge >= 0.3 is 0 Å². The number of hydrogen-bond acceptors (Lipinski definition) is 6. The average Bonchev–Trinajstić information content (AvgIpc) is 3.36. The number of pyridine rings is 2. The van der Waals surface area contributed by atoms with Crippen molar-refractivity contribution in [2.45, 2.75) is 0 Å². The molecule has 128 valence electrons. The summed E-state index contributed by atoms with van der Waals surface area (Å²) in [5.41, 5.74) is 2.34. The molecule has 0 radical (unpaired) electrons. The highest BCUT2D eigenvalue weighted by Crippen LogP contribution is 2.55. The molecule has 0 bridgehead atoms. The van der Waals surface area contributed by atoms with Crippen LogP contribution in [-0.4, -0.2) is 9.97 Å². The summed E-state index contributed by atoms with van der Waals surface area (Å²) in [6.07, 6.45) is 15.9. The van der Waals surface area contributed by atoms with Gasteiger partial charge in [-0.2, -0.15) is 0 Å². The Kier molecular flexibility index (Phi) is 6.07. The van der Waals surface area contributed by atoms with Crippen LogP contribution in [0.1, 0.15) is 11.1 Å². The van der Waals surface area contributed by atoms with Gasteiger partial charge in [0.25, 0.3) is 0 Å². The van der Waals surface area contributed by atoms with E-state index in [-0.39, 0.29) is 0 Å². The van der Waals surface area contributed by atoms with Crippen LogP contribution in [0.3, 0.4) is 0 Å². The summed E-state index contributed by atoms with van der Waals surface area (Å²) in [5, 5.41) is 4.44. The molecular weight excluding hydrogens is 397 g/mol. The third-order valence-electron chi connectivity index (χ3n) is 3.44. The van der Waals surface area contributed by atoms with Crippen LogP contribution in [0.15, 0.2) is 90.3 Å². The first-order chi connectivity index (χ1) is 12.9. The fourth-order valence-corrected chi connectivity index (χ4v) is 6.83. The van der Waals surface area contributed by atoms with Gasteiger partial charge in [-0.3, -0.25) is 9.97 Å². The third-order valence-corrected chi connectivity index (χ3v) is 8.68. The van der Waals surface area contributed by atoms with Crippen molar-refractivity contribution in [1.82, 2.24) is 9.97 Å². The lowest BCUT2D eigenvalue weighted by Crippen LogP contribution is -1.73. The molecule has 0 N–H and O–H groups in total. The minimum Gasteiger partial charge on any atom is -0.265 e. The van der Waals surface area contributed by atoms with Crippen molar-refractivity contribution >= 4 is 59.2 Å². The number of hydrogen-bond donors (Lipinski definition) is 0. The number of thioether (sulfide) groups is 4. The summed E-state index contributed by atoms with van der Waals surface area (Å²) in [7, 11) is 0. The predicted molar refractivity (Wildman–Crippen MR) is 120 cm³/mol. The number of rotatable bonds is 4. The monoisotopic (exact) mass is 410 g/mol. The molecule has 6 heteroatoms. The fourth-order valence-electron chi connectivity index (χ4n) is 2.17. The van der Waals surface area contributed by atoms with Gasteiger partial charge in [0, 0.05) is 34.6 Å². The van der Waals surface area contributed by atoms with Crippen molar-refractivity contribution in [2.75, 3.05) is 0 Å². The van der Waals surface area contributed by atoms with Gasteiger partial charge in [-0.05, 0) is 58.4 Å². The van der Waals surface area contributed by atoms with Crippen LogP contribution < -0.4 is 0 Å². The summed E-state index contributed by atoms with van der Waals surface area (Å²) < 4.78 is 2.72. The summed E-state index contributed by atoms with van der Waals surface area (Å²) in [6, 6.07) is 8.04. The quantitative estimate of drug-likeness (QED) is 0.540. The van der Waals surface area contributed by atoms with E-state index in [0.29, 0.717) is 0 Å². The first-order valence-corrected chi connectivity index (χ1v) is 11.3. The fraction of sp³-hybridized carbons (Fsp3) is 0. The van der Waals surface area contributed by atoms with E-state index in [1.807, 2.05) is 96.1 Å². The minimum absolute atomic E-state index is 1.17. The maximum Gasteiger partial charge on any atom is 0.0700 e. The van der Waals surface area contributed by atoms with Crippen LogP contribution in [0.4, 0.5) is 0 Å². The van der Waals surface area contributed by atoms with Crippen LogP contribution >= 0.6 is 47.0 Å². The van der Waals surface area contributed by atoms with Crippen molar-refractivity contribution in [1.29, 1.82) is 0 Å². The largest absolute Gasteiger partial charge is 0.265 e. The van der Waals surface area contributed by atoms with E-state index in [9.17, 15) is 0 Å². The zero-order valence-corrected chi connectivity index (χ0v) is 16.9. The van der Waals surface area contributed by atoms with Gasteiger partial charge in [0.15, 0.2) is 0 Å². The van der Waals surface area contributed by atoms with Gasteiger partial charge < -0.3 is 0 Å². The second kappa shape index (κ2) is 8.86. The summed E-state index contributed by atoms with van der Waals surface area (Å²) in [5.74, 6) is 0. The standard InChI is InChI=1S/C20H14N2S4/c1(15-5-9-21-10-6-15)3-17-13-23-19(25-17)20-24-14-18(26-20)4-2-16-7-11-22-12-8-16/h1-14H/b3-1+,4-2+,20-19+. The molecule has 0 fully saturated rings. The highest BCUT2D eigenvalue weighted by atomic mass is 32.2. The molecule has 0 saturated carbocycles. The molecule has 4 rings (SSSR count). The maximum absolute atomic E-state index is 4.05. The average molecular weight is 411 g/mol. The normalized spacial score (nSPS) is 20.2. The molecule has 0 spiro atoms. The second-order valence-corrected chi connectivity index (χ2v) is 9.73. The van der Waals surface area contributed by atoms with Gasteiger partial charge in [0.05, 0.1) is 8.47 Å². The van der Waals surface area contributed by atoms with Gasteiger partial charge in [-0.15, -0.1) is 0 Å². The molecule has 0 unspecified atom stereocenters. The van der Waals surface area contributed by atoms with E-state index in [2.05, 4.69) is 45.1 Å². The van der Waals surface area contributed by atoms with Crippen molar-refractivity contribution in [3.05, 3.63) is 101 Å². The molecule has 2 nitrogen and oxygen atoms in total. The lowest BCUT2D eigenvalue weighted by molar-refractivity contribution is 1.32. The Morgan fingerprint density at radius 2 is 1.00 bits per heavy atom. The summed E-state index contributed by atoms with van der Waals surface area (Å²) in [4.78, 5) is 10.6. The van der Waals surface area contributed by atoms with E-state index < -0.39 is 0 Å². The zero-order valence-electron chi connectivity index (χ0n) is 13.6. The topological polar surface area (TPSA) is 25.8 Å². The number of allylic oxidation sites excluding steroid dienone is 2. The van der Waals surface area contributed by atoms with E-state index >= 15 is 0 Å². The molecule has 0 amide bonds. The molecule has 2 aliphatic rings. The Bertz CT molecular complexity index is 851. The second-order valence-electron chi connectivity index (χ2n) is 5.28. The van der Waals surface area contributed by atoms with Gasteiger partial charge in [0.2, 0.25) is 0 Å². The molecule has 0 aliphatic carbocycles. The highest BCUT2D eigenvalue weighted by molar-refractivity contribution is 8.33. The lowest BCUT2D eigenvalue weighted by Gasteiger charge is -2.01. The summed E-state index contributed by atoms with van der Waals surface area (Å²) >= 11 is 7.29. The zero-order chi connectivity index (χ0) is 17.6. The molecule has 0 aromatic carbocycles. The molecule has 4 heterocycles. The van der Waals surface area contributed by atoms with Crippen LogP contribution in [0.2, 0.25) is 0 Å². The first kappa shape index (κ1) is 17.8. The van der Waals surface area contributed by atoms with Crippen LogP contribution in [-0.2, 0) is 0 Å². The third kappa shape index (κ3) is 4.76. The Balaban J connectivity index is 1.35. The molecule has 26 heavy (non-hydrogen) atoms. The molecule has 2 aromatic rings. The van der Waals surface area contributed by atoms with Gasteiger partial charge in [0.1, 0.15) is 0 Å². The molecule has 2 aromatic heterocycles. The SMILES string of the molecule is C1=C(/C=C/c2ccncc2)S/C(=C2\SC=C(/C=C/c3ccncc3)S2)S1. The van der Waals surface area contributed by atoms with Crippen LogP contribution in [0.25, 0.3) is 12.2 Å². The van der Waals surface area contributed by atoms with Crippen molar-refractivity contribution < 1.29 is 0 Å². The van der Waals surface area contributed by atoms with Crippen LogP contribution in [0, 0.1) is 0 Å². The van der Waals surface area contributed by atoms with E-state index in [1.54, 1.807) is 0 Å². The Hall–Kier alpha value is -1.60. The Labute approximate surface area is 170 Å². The van der Waals surface area contributed by atoms with Gasteiger partial charge in [-0.1, -0.05) is 59.2 Å². The maximum atomic E-state index is 4.05. The molecule has 0 atom stereocenters. The first-order valence-electron chi connectivity index (χ1n) is 7.87. The van der Waals surface area contributed by atoms with Crippen molar-refractivity contribution in [3.63, 3.8) is 0 Å². The predicted octanol–water partition coefficient (Wildman–Crippen LogP) is 6.97. The Morgan fingerprint density at radius 1 is 0.577 bits per heavy atom. The van der Waals surface area contributed by atoms with E-state index in [4.69, 9.17) is 0 Å². The van der Waals surface area contributed by atoms with E-state index in [1.165, 1.54) is 29.4 Å². The number of aromatic nitrogens is 2. The number of nitrogens with zero attached hydrogens (tertiary/aromatic N) is 2. The lowest BCUT2D eigenvalue weighted by atomic mass is 10.2. The van der Waals surface area contributed by atoms with Gasteiger partial charge in [-0.25, -0.2) is 0 Å². The molecule has 2 aliphatic heterocycles. The summed E-state index contributed by atoms with van der Waals surface area (Å²) in [6.45, 7) is 0. The minimum atomic E-state index is 1.17. The Morgan fingerprint density at radius 3 is 1.42 bits per heavy atom. The van der Waals surface area contributed by atoms with Crippen molar-refractivity contribution in [2.24, 2.45) is 0 Å². The molecular formula is C20H14N2S4. The van der Waals surface area contributed by atoms with E-state index in [0.717, 1.165) is 0 Å². The molecule has 0 saturated heterocycles.